The smallest absolute Gasteiger partial charge is 0.131 e. The summed E-state index contributed by atoms with van der Waals surface area (Å²) in [6.45, 7) is 13.2. The highest BCUT2D eigenvalue weighted by Gasteiger charge is 2.14. The van der Waals surface area contributed by atoms with Crippen molar-refractivity contribution in [1.29, 1.82) is 0 Å². The minimum absolute atomic E-state index is 0.167. The number of benzene rings is 3. The Kier molecular flexibility index (Phi) is 5.93. The Morgan fingerprint density at radius 3 is 1.93 bits per heavy atom. The van der Waals surface area contributed by atoms with Crippen molar-refractivity contribution in [2.45, 2.75) is 59.8 Å². The molecule has 1 heteroatoms. The van der Waals surface area contributed by atoms with Gasteiger partial charge in [0.05, 0.1) is 0 Å². The zero-order valence-corrected chi connectivity index (χ0v) is 18.1. The fourth-order valence-corrected chi connectivity index (χ4v) is 3.59. The molecule has 0 spiro atoms. The van der Waals surface area contributed by atoms with E-state index in [0.717, 1.165) is 24.3 Å². The van der Waals surface area contributed by atoms with Crippen molar-refractivity contribution in [3.8, 4) is 22.6 Å². The van der Waals surface area contributed by atoms with E-state index in [2.05, 4.69) is 102 Å². The van der Waals surface area contributed by atoms with Gasteiger partial charge in [-0.25, -0.2) is 0 Å². The predicted octanol–water partition coefficient (Wildman–Crippen LogP) is 8.01. The van der Waals surface area contributed by atoms with Crippen molar-refractivity contribution in [1.82, 2.24) is 0 Å². The topological polar surface area (TPSA) is 9.23 Å². The largest absolute Gasteiger partial charge is 0.457 e. The molecule has 0 aliphatic heterocycles. The summed E-state index contributed by atoms with van der Waals surface area (Å²) in [6, 6.07) is 21.9. The van der Waals surface area contributed by atoms with Gasteiger partial charge in [0.15, 0.2) is 0 Å². The van der Waals surface area contributed by atoms with Gasteiger partial charge in [-0.05, 0) is 77.3 Å². The fourth-order valence-electron chi connectivity index (χ4n) is 3.59. The van der Waals surface area contributed by atoms with E-state index in [1.54, 1.807) is 0 Å². The van der Waals surface area contributed by atoms with Gasteiger partial charge in [-0.3, -0.25) is 0 Å². The Balaban J connectivity index is 1.97. The van der Waals surface area contributed by atoms with Crippen molar-refractivity contribution >= 4 is 0 Å². The molecule has 0 unspecified atom stereocenters. The van der Waals surface area contributed by atoms with Crippen LogP contribution in [-0.4, -0.2) is 0 Å². The second kappa shape index (κ2) is 8.22. The maximum atomic E-state index is 6.36. The highest BCUT2D eigenvalue weighted by molar-refractivity contribution is 5.67. The zero-order valence-electron chi connectivity index (χ0n) is 18.1. The molecule has 3 aromatic carbocycles. The number of rotatable bonds is 5. The summed E-state index contributed by atoms with van der Waals surface area (Å²) in [6.07, 6.45) is 2.12. The number of hydrogen-bond donors (Lipinski definition) is 0. The quantitative estimate of drug-likeness (QED) is 0.440. The first-order valence-electron chi connectivity index (χ1n) is 10.3. The molecule has 0 aliphatic carbocycles. The molecule has 0 saturated heterocycles. The van der Waals surface area contributed by atoms with Gasteiger partial charge >= 0.3 is 0 Å². The van der Waals surface area contributed by atoms with Crippen molar-refractivity contribution in [3.05, 3.63) is 82.9 Å². The third kappa shape index (κ3) is 4.84. The summed E-state index contributed by atoms with van der Waals surface area (Å²) in [5.41, 5.74) is 7.64. The number of ether oxygens (including phenoxy) is 1. The van der Waals surface area contributed by atoms with Gasteiger partial charge in [0.1, 0.15) is 11.5 Å². The highest BCUT2D eigenvalue weighted by Crippen LogP contribution is 2.33. The lowest BCUT2D eigenvalue weighted by Gasteiger charge is -2.19. The molecule has 1 nitrogen and oxygen atoms in total. The van der Waals surface area contributed by atoms with Gasteiger partial charge in [-0.2, -0.15) is 0 Å². The first-order chi connectivity index (χ1) is 13.3. The van der Waals surface area contributed by atoms with Gasteiger partial charge in [0.25, 0.3) is 0 Å². The monoisotopic (exact) mass is 372 g/mol. The second-order valence-corrected chi connectivity index (χ2v) is 8.83. The normalized spacial score (nSPS) is 11.5. The van der Waals surface area contributed by atoms with Crippen LogP contribution in [0.15, 0.2) is 60.7 Å². The molecule has 146 valence electrons. The van der Waals surface area contributed by atoms with Crippen LogP contribution in [0.25, 0.3) is 11.1 Å². The standard InChI is InChI=1S/C27H32O/c1-7-8-22-9-10-23(21-11-13-24(14-12-21)27(4,5)6)18-26(22)28-25-16-19(2)15-20(3)17-25/h9-18H,7-8H2,1-6H3. The van der Waals surface area contributed by atoms with Crippen LogP contribution in [0.4, 0.5) is 0 Å². The second-order valence-electron chi connectivity index (χ2n) is 8.83. The molecule has 0 N–H and O–H groups in total. The van der Waals surface area contributed by atoms with Crippen LogP contribution in [0.5, 0.6) is 11.5 Å². The predicted molar refractivity (Wildman–Crippen MR) is 121 cm³/mol. The van der Waals surface area contributed by atoms with Crippen molar-refractivity contribution in [3.63, 3.8) is 0 Å². The summed E-state index contributed by atoms with van der Waals surface area (Å²) in [4.78, 5) is 0. The summed E-state index contributed by atoms with van der Waals surface area (Å²) >= 11 is 0. The van der Waals surface area contributed by atoms with Crippen LogP contribution < -0.4 is 4.74 Å². The molecule has 0 saturated carbocycles. The van der Waals surface area contributed by atoms with Crippen LogP contribution in [0.2, 0.25) is 0 Å². The maximum absolute atomic E-state index is 6.36. The summed E-state index contributed by atoms with van der Waals surface area (Å²) < 4.78 is 6.36. The molecular formula is C27H32O. The van der Waals surface area contributed by atoms with E-state index in [-0.39, 0.29) is 5.41 Å². The Morgan fingerprint density at radius 2 is 1.36 bits per heavy atom. The third-order valence-corrected chi connectivity index (χ3v) is 5.09. The lowest BCUT2D eigenvalue weighted by molar-refractivity contribution is 0.475. The molecule has 0 radical (unpaired) electrons. The third-order valence-electron chi connectivity index (χ3n) is 5.09. The van der Waals surface area contributed by atoms with Gasteiger partial charge in [-0.1, -0.05) is 76.6 Å². The SMILES string of the molecule is CCCc1ccc(-c2ccc(C(C)(C)C)cc2)cc1Oc1cc(C)cc(C)c1. The van der Waals surface area contributed by atoms with E-state index in [4.69, 9.17) is 4.74 Å². The Labute approximate surface area is 170 Å². The molecule has 28 heavy (non-hydrogen) atoms. The lowest BCUT2D eigenvalue weighted by Crippen LogP contribution is -2.10. The van der Waals surface area contributed by atoms with E-state index in [1.165, 1.54) is 33.4 Å². The first kappa shape index (κ1) is 20.2. The minimum atomic E-state index is 0.167. The molecule has 3 rings (SSSR count). The van der Waals surface area contributed by atoms with Gasteiger partial charge < -0.3 is 4.74 Å². The van der Waals surface area contributed by atoms with Crippen molar-refractivity contribution in [2.24, 2.45) is 0 Å². The van der Waals surface area contributed by atoms with Crippen LogP contribution >= 0.6 is 0 Å². The van der Waals surface area contributed by atoms with Gasteiger partial charge in [0.2, 0.25) is 0 Å². The molecule has 0 heterocycles. The Hall–Kier alpha value is -2.54. The Morgan fingerprint density at radius 1 is 0.750 bits per heavy atom. The van der Waals surface area contributed by atoms with E-state index in [1.807, 2.05) is 0 Å². The average Bonchev–Trinajstić information content (AvgIpc) is 2.62. The van der Waals surface area contributed by atoms with Gasteiger partial charge in [0, 0.05) is 0 Å². The average molecular weight is 373 g/mol. The van der Waals surface area contributed by atoms with Crippen LogP contribution in [-0.2, 0) is 11.8 Å². The van der Waals surface area contributed by atoms with E-state index < -0.39 is 0 Å². The fraction of sp³-hybridized carbons (Fsp3) is 0.333. The van der Waals surface area contributed by atoms with Gasteiger partial charge in [-0.15, -0.1) is 0 Å². The molecule has 0 atom stereocenters. The van der Waals surface area contributed by atoms with Crippen LogP contribution in [0.3, 0.4) is 0 Å². The van der Waals surface area contributed by atoms with E-state index in [9.17, 15) is 0 Å². The Bertz CT molecular complexity index is 923. The first-order valence-corrected chi connectivity index (χ1v) is 10.3. The van der Waals surface area contributed by atoms with E-state index >= 15 is 0 Å². The lowest BCUT2D eigenvalue weighted by atomic mass is 9.86. The summed E-state index contributed by atoms with van der Waals surface area (Å²) in [5.74, 6) is 1.87. The van der Waals surface area contributed by atoms with Crippen LogP contribution in [0.1, 0.15) is 56.4 Å². The molecule has 0 bridgehead atoms. The zero-order chi connectivity index (χ0) is 20.3. The number of aryl methyl sites for hydroxylation is 3. The molecule has 0 aliphatic rings. The van der Waals surface area contributed by atoms with Crippen molar-refractivity contribution in [2.75, 3.05) is 0 Å². The molecule has 0 fully saturated rings. The minimum Gasteiger partial charge on any atom is -0.457 e. The maximum Gasteiger partial charge on any atom is 0.131 e. The molecule has 3 aromatic rings. The summed E-state index contributed by atoms with van der Waals surface area (Å²) in [7, 11) is 0. The number of hydrogen-bond acceptors (Lipinski definition) is 1. The van der Waals surface area contributed by atoms with E-state index in [0.29, 0.717) is 0 Å². The molecule has 0 aromatic heterocycles. The molecular weight excluding hydrogens is 340 g/mol. The highest BCUT2D eigenvalue weighted by atomic mass is 16.5. The summed E-state index contributed by atoms with van der Waals surface area (Å²) in [5, 5.41) is 0. The van der Waals surface area contributed by atoms with Crippen LogP contribution in [0, 0.1) is 13.8 Å². The van der Waals surface area contributed by atoms with Crippen molar-refractivity contribution < 1.29 is 4.74 Å². The molecule has 0 amide bonds.